The minimum atomic E-state index is -0.880. The van der Waals surface area contributed by atoms with Crippen LogP contribution in [0.25, 0.3) is 0 Å². The van der Waals surface area contributed by atoms with E-state index in [1.165, 1.54) is 5.57 Å². The third-order valence-corrected chi connectivity index (χ3v) is 8.57. The van der Waals surface area contributed by atoms with Crippen LogP contribution in [0.1, 0.15) is 72.1 Å². The number of esters is 2. The monoisotopic (exact) mass is 388 g/mol. The Labute approximate surface area is 167 Å². The van der Waals surface area contributed by atoms with Crippen molar-refractivity contribution < 1.29 is 23.9 Å². The third-order valence-electron chi connectivity index (χ3n) is 8.57. The molecule has 0 amide bonds. The molecule has 0 aliphatic heterocycles. The molecule has 0 aromatic rings. The molecule has 6 atom stereocenters. The van der Waals surface area contributed by atoms with Crippen molar-refractivity contribution in [2.75, 3.05) is 6.61 Å². The van der Waals surface area contributed by atoms with Gasteiger partial charge in [0.15, 0.2) is 5.78 Å². The summed E-state index contributed by atoms with van der Waals surface area (Å²) >= 11 is 0. The Morgan fingerprint density at radius 3 is 2.57 bits per heavy atom. The standard InChI is InChI=1S/C23H32O5/c1-4-27-20(25)21(26)28-19-8-7-17-16-6-5-14-13-15(24)9-11-22(14,2)18(16)10-12-23(17,19)3/h13,16-19H,4-12H2,1-3H3/t16-,17-,18-,19+,22+,23+/m1/s1. The highest BCUT2D eigenvalue weighted by atomic mass is 16.6. The van der Waals surface area contributed by atoms with Crippen LogP contribution in [0.5, 0.6) is 0 Å². The van der Waals surface area contributed by atoms with Crippen molar-refractivity contribution in [1.82, 2.24) is 0 Å². The van der Waals surface area contributed by atoms with Gasteiger partial charge >= 0.3 is 11.9 Å². The molecule has 0 aromatic heterocycles. The molecule has 4 rings (SSSR count). The summed E-state index contributed by atoms with van der Waals surface area (Å²) in [5, 5.41) is 0. The number of ketones is 1. The lowest BCUT2D eigenvalue weighted by Crippen LogP contribution is -2.51. The van der Waals surface area contributed by atoms with Gasteiger partial charge in [0.2, 0.25) is 0 Å². The minimum absolute atomic E-state index is 0.0641. The summed E-state index contributed by atoms with van der Waals surface area (Å²) in [6, 6.07) is 0. The van der Waals surface area contributed by atoms with E-state index in [0.29, 0.717) is 30.0 Å². The number of carbonyl (C=O) groups excluding carboxylic acids is 3. The predicted octanol–water partition coefficient (Wildman–Crippen LogP) is 3.99. The second-order valence-electron chi connectivity index (χ2n) is 9.71. The van der Waals surface area contributed by atoms with Crippen LogP contribution in [0.3, 0.4) is 0 Å². The first-order valence-corrected chi connectivity index (χ1v) is 10.9. The van der Waals surface area contributed by atoms with Gasteiger partial charge in [-0.05, 0) is 81.1 Å². The molecule has 154 valence electrons. The van der Waals surface area contributed by atoms with Crippen molar-refractivity contribution in [3.63, 3.8) is 0 Å². The van der Waals surface area contributed by atoms with Gasteiger partial charge in [-0.1, -0.05) is 19.4 Å². The van der Waals surface area contributed by atoms with Gasteiger partial charge in [-0.3, -0.25) is 4.79 Å². The van der Waals surface area contributed by atoms with Crippen LogP contribution >= 0.6 is 0 Å². The van der Waals surface area contributed by atoms with E-state index in [0.717, 1.165) is 44.9 Å². The smallest absolute Gasteiger partial charge is 0.417 e. The highest BCUT2D eigenvalue weighted by molar-refractivity contribution is 6.29. The maximum atomic E-state index is 12.1. The number of ether oxygens (including phenoxy) is 2. The normalized spacial score (nSPS) is 42.0. The summed E-state index contributed by atoms with van der Waals surface area (Å²) in [6.07, 6.45) is 9.51. The van der Waals surface area contributed by atoms with Gasteiger partial charge in [-0.25, -0.2) is 9.59 Å². The minimum Gasteiger partial charge on any atom is -0.458 e. The summed E-state index contributed by atoms with van der Waals surface area (Å²) in [5.74, 6) is 0.303. The molecule has 0 aromatic carbocycles. The maximum Gasteiger partial charge on any atom is 0.417 e. The first kappa shape index (κ1) is 19.7. The fourth-order valence-corrected chi connectivity index (χ4v) is 7.07. The molecule has 0 spiro atoms. The van der Waals surface area contributed by atoms with Crippen LogP contribution in [0.15, 0.2) is 11.6 Å². The van der Waals surface area contributed by atoms with E-state index < -0.39 is 11.9 Å². The highest BCUT2D eigenvalue weighted by Crippen LogP contribution is 2.65. The van der Waals surface area contributed by atoms with E-state index >= 15 is 0 Å². The fraction of sp³-hybridized carbons (Fsp3) is 0.783. The lowest BCUT2D eigenvalue weighted by Gasteiger charge is -2.57. The molecule has 0 heterocycles. The second kappa shape index (κ2) is 7.00. The van der Waals surface area contributed by atoms with Crippen LogP contribution in [-0.2, 0) is 23.9 Å². The fourth-order valence-electron chi connectivity index (χ4n) is 7.07. The van der Waals surface area contributed by atoms with Gasteiger partial charge in [-0.2, -0.15) is 0 Å². The molecular formula is C23H32O5. The van der Waals surface area contributed by atoms with Crippen LogP contribution in [0, 0.1) is 28.6 Å². The molecule has 28 heavy (non-hydrogen) atoms. The van der Waals surface area contributed by atoms with E-state index in [1.807, 2.05) is 6.08 Å². The van der Waals surface area contributed by atoms with E-state index in [1.54, 1.807) is 6.92 Å². The molecule has 0 N–H and O–H groups in total. The molecule has 3 fully saturated rings. The van der Waals surface area contributed by atoms with Gasteiger partial charge in [-0.15, -0.1) is 0 Å². The number of hydrogen-bond acceptors (Lipinski definition) is 5. The molecule has 0 saturated heterocycles. The Kier molecular flexibility index (Phi) is 4.91. The van der Waals surface area contributed by atoms with E-state index in [4.69, 9.17) is 9.47 Å². The molecule has 5 heteroatoms. The summed E-state index contributed by atoms with van der Waals surface area (Å²) in [6.45, 7) is 6.49. The lowest BCUT2D eigenvalue weighted by atomic mass is 9.47. The van der Waals surface area contributed by atoms with Gasteiger partial charge in [0.05, 0.1) is 6.61 Å². The Hall–Kier alpha value is -1.65. The summed E-state index contributed by atoms with van der Waals surface area (Å²) < 4.78 is 10.5. The van der Waals surface area contributed by atoms with E-state index in [2.05, 4.69) is 13.8 Å². The number of carbonyl (C=O) groups is 3. The van der Waals surface area contributed by atoms with Crippen LogP contribution in [0.4, 0.5) is 0 Å². The Morgan fingerprint density at radius 1 is 1.04 bits per heavy atom. The molecule has 5 nitrogen and oxygen atoms in total. The zero-order valence-electron chi connectivity index (χ0n) is 17.3. The average Bonchev–Trinajstić information content (AvgIpc) is 2.99. The summed E-state index contributed by atoms with van der Waals surface area (Å²) in [5.41, 5.74) is 1.46. The Morgan fingerprint density at radius 2 is 1.82 bits per heavy atom. The van der Waals surface area contributed by atoms with Crippen molar-refractivity contribution in [1.29, 1.82) is 0 Å². The van der Waals surface area contributed by atoms with Gasteiger partial charge in [0, 0.05) is 11.8 Å². The largest absolute Gasteiger partial charge is 0.458 e. The van der Waals surface area contributed by atoms with Crippen LogP contribution in [-0.4, -0.2) is 30.4 Å². The number of hydrogen-bond donors (Lipinski definition) is 0. The molecule has 4 aliphatic rings. The lowest BCUT2D eigenvalue weighted by molar-refractivity contribution is -0.176. The van der Waals surface area contributed by atoms with Crippen molar-refractivity contribution in [2.45, 2.75) is 78.2 Å². The first-order valence-electron chi connectivity index (χ1n) is 10.9. The molecule has 0 unspecified atom stereocenters. The van der Waals surface area contributed by atoms with E-state index in [-0.39, 0.29) is 23.5 Å². The zero-order chi connectivity index (χ0) is 20.1. The number of allylic oxidation sites excluding steroid dienone is 1. The highest BCUT2D eigenvalue weighted by Gasteiger charge is 2.60. The van der Waals surface area contributed by atoms with Crippen molar-refractivity contribution in [3.05, 3.63) is 11.6 Å². The molecule has 0 bridgehead atoms. The van der Waals surface area contributed by atoms with Crippen molar-refractivity contribution in [2.24, 2.45) is 28.6 Å². The molecular weight excluding hydrogens is 356 g/mol. The van der Waals surface area contributed by atoms with Crippen molar-refractivity contribution in [3.8, 4) is 0 Å². The SMILES string of the molecule is CCOC(=O)C(=O)O[C@H]1CC[C@@H]2[C@H]3CCC4=CC(=O)CC[C@]4(C)[C@@H]3CC[C@]12C. The van der Waals surface area contributed by atoms with E-state index in [9.17, 15) is 14.4 Å². The Balaban J connectivity index is 1.52. The zero-order valence-corrected chi connectivity index (χ0v) is 17.3. The summed E-state index contributed by atoms with van der Waals surface area (Å²) in [7, 11) is 0. The molecule has 3 saturated carbocycles. The quantitative estimate of drug-likeness (QED) is 0.528. The van der Waals surface area contributed by atoms with Gasteiger partial charge < -0.3 is 9.47 Å². The number of rotatable bonds is 2. The second-order valence-corrected chi connectivity index (χ2v) is 9.71. The van der Waals surface area contributed by atoms with Gasteiger partial charge in [0.25, 0.3) is 0 Å². The third kappa shape index (κ3) is 2.93. The van der Waals surface area contributed by atoms with Crippen LogP contribution < -0.4 is 0 Å². The molecule has 0 radical (unpaired) electrons. The Bertz CT molecular complexity index is 725. The number of fused-ring (bicyclic) bond motifs is 5. The average molecular weight is 389 g/mol. The van der Waals surface area contributed by atoms with Gasteiger partial charge in [0.1, 0.15) is 6.10 Å². The topological polar surface area (TPSA) is 69.7 Å². The maximum absolute atomic E-state index is 12.1. The first-order chi connectivity index (χ1) is 13.3. The predicted molar refractivity (Wildman–Crippen MR) is 103 cm³/mol. The molecule has 4 aliphatic carbocycles. The van der Waals surface area contributed by atoms with Crippen molar-refractivity contribution >= 4 is 17.7 Å². The van der Waals surface area contributed by atoms with Crippen LogP contribution in [0.2, 0.25) is 0 Å². The summed E-state index contributed by atoms with van der Waals surface area (Å²) in [4.78, 5) is 35.8.